The maximum atomic E-state index is 13.1. The van der Waals surface area contributed by atoms with Crippen LogP contribution in [0, 0.1) is 13.8 Å². The van der Waals surface area contributed by atoms with Crippen LogP contribution in [0.15, 0.2) is 60.0 Å². The molecule has 1 atom stereocenters. The zero-order chi connectivity index (χ0) is 22.0. The lowest BCUT2D eigenvalue weighted by Crippen LogP contribution is -2.49. The number of fused-ring (bicyclic) bond motifs is 1. The van der Waals surface area contributed by atoms with Gasteiger partial charge in [-0.3, -0.25) is 9.36 Å². The Morgan fingerprint density at radius 1 is 1.13 bits per heavy atom. The lowest BCUT2D eigenvalue weighted by atomic mass is 9.94. The second-order valence-corrected chi connectivity index (χ2v) is 8.61. The Balaban J connectivity index is 1.51. The summed E-state index contributed by atoms with van der Waals surface area (Å²) in [5, 5.41) is 0.739. The molecule has 0 spiro atoms. The van der Waals surface area contributed by atoms with Crippen molar-refractivity contribution in [1.29, 1.82) is 0 Å². The topological polar surface area (TPSA) is 64.4 Å². The van der Waals surface area contributed by atoms with E-state index < -0.39 is 6.04 Å². The third-order valence-electron chi connectivity index (χ3n) is 5.74. The summed E-state index contributed by atoms with van der Waals surface area (Å²) in [4.78, 5) is 31.6. The molecule has 2 aromatic carbocycles. The molecule has 0 N–H and O–H groups in total. The van der Waals surface area contributed by atoms with Crippen molar-refractivity contribution in [3.8, 4) is 5.69 Å². The Morgan fingerprint density at radius 3 is 2.65 bits per heavy atom. The predicted octanol–water partition coefficient (Wildman–Crippen LogP) is 3.71. The number of carbonyl (C=O) groups excluding carboxylic acids is 2. The molecule has 1 aromatic heterocycles. The van der Waals surface area contributed by atoms with Gasteiger partial charge >= 0.3 is 5.97 Å². The maximum Gasteiger partial charge on any atom is 0.328 e. The van der Waals surface area contributed by atoms with E-state index in [1.807, 2.05) is 41.1 Å². The molecule has 160 valence electrons. The van der Waals surface area contributed by atoms with E-state index in [0.29, 0.717) is 13.0 Å². The molecule has 1 aliphatic heterocycles. The van der Waals surface area contributed by atoms with Crippen LogP contribution in [0.5, 0.6) is 0 Å². The second-order valence-electron chi connectivity index (χ2n) is 7.67. The van der Waals surface area contributed by atoms with Crippen molar-refractivity contribution in [2.24, 2.45) is 0 Å². The third-order valence-corrected chi connectivity index (χ3v) is 6.69. The number of imidazole rings is 1. The van der Waals surface area contributed by atoms with Gasteiger partial charge in [0.25, 0.3) is 0 Å². The number of carbonyl (C=O) groups is 2. The molecule has 31 heavy (non-hydrogen) atoms. The van der Waals surface area contributed by atoms with Gasteiger partial charge in [-0.05, 0) is 48.2 Å². The van der Waals surface area contributed by atoms with E-state index in [2.05, 4.69) is 31.0 Å². The highest BCUT2D eigenvalue weighted by molar-refractivity contribution is 7.99. The first-order valence-electron chi connectivity index (χ1n) is 10.2. The van der Waals surface area contributed by atoms with Crippen molar-refractivity contribution in [3.05, 3.63) is 77.1 Å². The number of esters is 1. The molecule has 1 amide bonds. The van der Waals surface area contributed by atoms with Crippen LogP contribution in [0.3, 0.4) is 0 Å². The van der Waals surface area contributed by atoms with Gasteiger partial charge in [0, 0.05) is 31.0 Å². The van der Waals surface area contributed by atoms with Crippen molar-refractivity contribution in [2.45, 2.75) is 38.0 Å². The van der Waals surface area contributed by atoms with Crippen LogP contribution in [0.1, 0.15) is 22.3 Å². The molecule has 4 rings (SSSR count). The summed E-state index contributed by atoms with van der Waals surface area (Å²) in [6.45, 7) is 4.56. The number of nitrogens with zero attached hydrogens (tertiary/aromatic N) is 3. The Kier molecular flexibility index (Phi) is 6.13. The lowest BCUT2D eigenvalue weighted by molar-refractivity contribution is -0.153. The van der Waals surface area contributed by atoms with Crippen molar-refractivity contribution >= 4 is 23.6 Å². The summed E-state index contributed by atoms with van der Waals surface area (Å²) < 4.78 is 6.96. The number of rotatable bonds is 5. The summed E-state index contributed by atoms with van der Waals surface area (Å²) in [5.74, 6) is -0.300. The maximum absolute atomic E-state index is 13.1. The van der Waals surface area contributed by atoms with E-state index in [4.69, 9.17) is 4.74 Å². The van der Waals surface area contributed by atoms with E-state index in [1.54, 1.807) is 11.1 Å². The molecule has 7 heteroatoms. The Labute approximate surface area is 186 Å². The number of hydrogen-bond acceptors (Lipinski definition) is 5. The molecule has 3 aromatic rings. The first kappa shape index (κ1) is 21.2. The van der Waals surface area contributed by atoms with Crippen molar-refractivity contribution in [2.75, 3.05) is 12.9 Å². The number of amides is 1. The zero-order valence-corrected chi connectivity index (χ0v) is 18.7. The molecular formula is C24H25N3O3S. The Morgan fingerprint density at radius 2 is 1.90 bits per heavy atom. The second kappa shape index (κ2) is 8.98. The zero-order valence-electron chi connectivity index (χ0n) is 17.9. The van der Waals surface area contributed by atoms with Gasteiger partial charge in [-0.2, -0.15) is 0 Å². The highest BCUT2D eigenvalue weighted by Gasteiger charge is 2.35. The van der Waals surface area contributed by atoms with Crippen LogP contribution < -0.4 is 0 Å². The number of ether oxygens (including phenoxy) is 1. The molecule has 0 saturated heterocycles. The van der Waals surface area contributed by atoms with Crippen LogP contribution in [0.4, 0.5) is 0 Å². The molecule has 0 unspecified atom stereocenters. The minimum absolute atomic E-state index is 0.107. The number of methoxy groups -OCH3 is 1. The average Bonchev–Trinajstić information content (AvgIpc) is 3.26. The van der Waals surface area contributed by atoms with Gasteiger partial charge in [-0.15, -0.1) is 0 Å². The molecular weight excluding hydrogens is 410 g/mol. The fraction of sp³-hybridized carbons (Fsp3) is 0.292. The summed E-state index contributed by atoms with van der Waals surface area (Å²) in [6.07, 6.45) is 4.10. The van der Waals surface area contributed by atoms with Crippen LogP contribution in [-0.2, 0) is 27.3 Å². The van der Waals surface area contributed by atoms with Crippen molar-refractivity contribution < 1.29 is 14.3 Å². The van der Waals surface area contributed by atoms with Gasteiger partial charge in [0.1, 0.15) is 6.04 Å². The molecule has 2 heterocycles. The third kappa shape index (κ3) is 4.37. The number of aromatic nitrogens is 2. The monoisotopic (exact) mass is 435 g/mol. The van der Waals surface area contributed by atoms with Crippen molar-refractivity contribution in [3.63, 3.8) is 0 Å². The lowest BCUT2D eigenvalue weighted by Gasteiger charge is -2.35. The first-order chi connectivity index (χ1) is 15.0. The molecule has 6 nitrogen and oxygen atoms in total. The minimum atomic E-state index is -0.604. The van der Waals surface area contributed by atoms with E-state index in [1.165, 1.54) is 30.0 Å². The predicted molar refractivity (Wildman–Crippen MR) is 120 cm³/mol. The molecule has 0 bridgehead atoms. The Bertz CT molecular complexity index is 1120. The Hall–Kier alpha value is -3.06. The molecule has 0 radical (unpaired) electrons. The van der Waals surface area contributed by atoms with Crippen LogP contribution in [-0.4, -0.2) is 45.2 Å². The molecule has 1 aliphatic rings. The normalized spacial score (nSPS) is 15.5. The van der Waals surface area contributed by atoms with E-state index in [-0.39, 0.29) is 17.6 Å². The molecule has 0 saturated carbocycles. The van der Waals surface area contributed by atoms with Crippen LogP contribution >= 0.6 is 11.8 Å². The van der Waals surface area contributed by atoms with Crippen LogP contribution in [0.2, 0.25) is 0 Å². The fourth-order valence-corrected chi connectivity index (χ4v) is 4.67. The van der Waals surface area contributed by atoms with E-state index >= 15 is 0 Å². The summed E-state index contributed by atoms with van der Waals surface area (Å²) in [6, 6.07) is 13.5. The van der Waals surface area contributed by atoms with Gasteiger partial charge in [-0.1, -0.05) is 42.1 Å². The first-order valence-corrected chi connectivity index (χ1v) is 11.1. The largest absolute Gasteiger partial charge is 0.467 e. The average molecular weight is 436 g/mol. The van der Waals surface area contributed by atoms with Gasteiger partial charge < -0.3 is 9.64 Å². The van der Waals surface area contributed by atoms with Crippen LogP contribution in [0.25, 0.3) is 5.69 Å². The van der Waals surface area contributed by atoms with Crippen molar-refractivity contribution in [1.82, 2.24) is 14.5 Å². The minimum Gasteiger partial charge on any atom is -0.467 e. The standard InChI is InChI=1S/C24H25N3O3S/c1-16-8-9-20(12-17(16)2)26-11-10-25-24(26)31-15-22(28)27-14-19-7-5-4-6-18(19)13-21(27)23(29)30-3/h4-12,21H,13-15H2,1-3H3/t21-/m0/s1. The quantitative estimate of drug-likeness (QED) is 0.452. The van der Waals surface area contributed by atoms with Gasteiger partial charge in [0.15, 0.2) is 5.16 Å². The smallest absolute Gasteiger partial charge is 0.328 e. The fourth-order valence-electron chi connectivity index (χ4n) is 3.81. The number of hydrogen-bond donors (Lipinski definition) is 0. The summed E-state index contributed by atoms with van der Waals surface area (Å²) in [7, 11) is 1.36. The number of aryl methyl sites for hydroxylation is 2. The van der Waals surface area contributed by atoms with Gasteiger partial charge in [-0.25, -0.2) is 9.78 Å². The summed E-state index contributed by atoms with van der Waals surface area (Å²) in [5.41, 5.74) is 5.59. The highest BCUT2D eigenvalue weighted by Crippen LogP contribution is 2.27. The number of benzene rings is 2. The van der Waals surface area contributed by atoms with Gasteiger partial charge in [0.2, 0.25) is 5.91 Å². The number of thioether (sulfide) groups is 1. The SMILES string of the molecule is COC(=O)[C@@H]1Cc2ccccc2CN1C(=O)CSc1nccn1-c1ccc(C)c(C)c1. The highest BCUT2D eigenvalue weighted by atomic mass is 32.2. The van der Waals surface area contributed by atoms with E-state index in [0.717, 1.165) is 22.0 Å². The van der Waals surface area contributed by atoms with Gasteiger partial charge in [0.05, 0.1) is 12.9 Å². The molecule has 0 aliphatic carbocycles. The van der Waals surface area contributed by atoms with E-state index in [9.17, 15) is 9.59 Å². The molecule has 0 fully saturated rings. The summed E-state index contributed by atoms with van der Waals surface area (Å²) >= 11 is 1.37.